The summed E-state index contributed by atoms with van der Waals surface area (Å²) in [6, 6.07) is 3.01. The molecule has 0 fully saturated rings. The van der Waals surface area contributed by atoms with Crippen molar-refractivity contribution in [2.24, 2.45) is 0 Å². The summed E-state index contributed by atoms with van der Waals surface area (Å²) >= 11 is -1.07. The summed E-state index contributed by atoms with van der Waals surface area (Å²) in [5, 5.41) is 0. The van der Waals surface area contributed by atoms with Crippen LogP contribution in [0.1, 0.15) is 26.5 Å². The minimum absolute atomic E-state index is 0.268. The summed E-state index contributed by atoms with van der Waals surface area (Å²) in [6.45, 7) is 6.30. The van der Waals surface area contributed by atoms with E-state index >= 15 is 0 Å². The molecule has 0 amide bonds. The molecule has 3 nitrogen and oxygen atoms in total. The zero-order valence-corrected chi connectivity index (χ0v) is 10.6. The first-order chi connectivity index (χ1) is 7.39. The Morgan fingerprint density at radius 3 is 2.62 bits per heavy atom. The SMILES string of the molecule is CC(C)(C)[S+]([O-])NCCc1ccc(F)cn1. The summed E-state index contributed by atoms with van der Waals surface area (Å²) in [4.78, 5) is 3.92. The van der Waals surface area contributed by atoms with Crippen LogP contribution in [-0.2, 0) is 17.8 Å². The van der Waals surface area contributed by atoms with Gasteiger partial charge in [0, 0.05) is 30.0 Å². The average Bonchev–Trinajstić information content (AvgIpc) is 2.19. The first-order valence-electron chi connectivity index (χ1n) is 5.15. The Bertz CT molecular complexity index is 324. The van der Waals surface area contributed by atoms with E-state index in [4.69, 9.17) is 0 Å². The van der Waals surface area contributed by atoms with Gasteiger partial charge in [-0.15, -0.1) is 4.72 Å². The van der Waals surface area contributed by atoms with Crippen LogP contribution < -0.4 is 4.72 Å². The van der Waals surface area contributed by atoms with Gasteiger partial charge in [-0.05, 0) is 32.9 Å². The Morgan fingerprint density at radius 2 is 2.12 bits per heavy atom. The van der Waals surface area contributed by atoms with Gasteiger partial charge < -0.3 is 4.55 Å². The van der Waals surface area contributed by atoms with E-state index in [1.807, 2.05) is 20.8 Å². The maximum Gasteiger partial charge on any atom is 0.141 e. The largest absolute Gasteiger partial charge is 0.598 e. The maximum absolute atomic E-state index is 12.6. The Labute approximate surface area is 98.8 Å². The highest BCUT2D eigenvalue weighted by Gasteiger charge is 2.25. The van der Waals surface area contributed by atoms with Crippen molar-refractivity contribution in [3.63, 3.8) is 0 Å². The van der Waals surface area contributed by atoms with Crippen molar-refractivity contribution in [3.05, 3.63) is 29.8 Å². The van der Waals surface area contributed by atoms with Crippen LogP contribution >= 0.6 is 0 Å². The van der Waals surface area contributed by atoms with E-state index < -0.39 is 11.4 Å². The van der Waals surface area contributed by atoms with Crippen molar-refractivity contribution in [2.45, 2.75) is 31.9 Å². The molecule has 5 heteroatoms. The number of rotatable bonds is 4. The lowest BCUT2D eigenvalue weighted by Crippen LogP contribution is -2.40. The molecular weight excluding hydrogens is 227 g/mol. The number of hydrogen-bond acceptors (Lipinski definition) is 3. The molecule has 0 radical (unpaired) electrons. The number of aromatic nitrogens is 1. The molecule has 0 spiro atoms. The lowest BCUT2D eigenvalue weighted by atomic mass is 10.3. The van der Waals surface area contributed by atoms with Crippen molar-refractivity contribution in [3.8, 4) is 0 Å². The molecule has 1 unspecified atom stereocenters. The second-order valence-electron chi connectivity index (χ2n) is 4.49. The predicted molar refractivity (Wildman–Crippen MR) is 63.8 cm³/mol. The fraction of sp³-hybridized carbons (Fsp3) is 0.545. The van der Waals surface area contributed by atoms with Crippen molar-refractivity contribution in [1.29, 1.82) is 0 Å². The third-order valence-electron chi connectivity index (χ3n) is 1.96. The zero-order valence-electron chi connectivity index (χ0n) is 9.79. The topological polar surface area (TPSA) is 48.0 Å². The van der Waals surface area contributed by atoms with Crippen molar-refractivity contribution >= 4 is 11.4 Å². The molecule has 1 atom stereocenters. The third-order valence-corrected chi connectivity index (χ3v) is 3.54. The third kappa shape index (κ3) is 4.47. The van der Waals surface area contributed by atoms with E-state index in [1.54, 1.807) is 6.07 Å². The van der Waals surface area contributed by atoms with Crippen LogP contribution in [0.3, 0.4) is 0 Å². The fourth-order valence-corrected chi connectivity index (χ4v) is 1.76. The predicted octanol–water partition coefficient (Wildman–Crippen LogP) is 1.81. The van der Waals surface area contributed by atoms with Crippen molar-refractivity contribution in [1.82, 2.24) is 9.71 Å². The number of nitrogens with zero attached hydrogens (tertiary/aromatic N) is 1. The summed E-state index contributed by atoms with van der Waals surface area (Å²) in [5.74, 6) is -0.338. The zero-order chi connectivity index (χ0) is 12.2. The fourth-order valence-electron chi connectivity index (χ4n) is 1.04. The van der Waals surface area contributed by atoms with Gasteiger partial charge >= 0.3 is 0 Å². The molecule has 0 bridgehead atoms. The van der Waals surface area contributed by atoms with Gasteiger partial charge in [0.05, 0.1) is 6.20 Å². The van der Waals surface area contributed by atoms with Gasteiger partial charge in [-0.2, -0.15) is 0 Å². The van der Waals surface area contributed by atoms with Crippen LogP contribution in [0.25, 0.3) is 0 Å². The monoisotopic (exact) mass is 244 g/mol. The highest BCUT2D eigenvalue weighted by Crippen LogP contribution is 2.12. The van der Waals surface area contributed by atoms with Crippen LogP contribution in [0.2, 0.25) is 0 Å². The number of hydrogen-bond donors (Lipinski definition) is 1. The van der Waals surface area contributed by atoms with Crippen LogP contribution in [-0.4, -0.2) is 20.8 Å². The van der Waals surface area contributed by atoms with Crippen LogP contribution in [0.4, 0.5) is 4.39 Å². The van der Waals surface area contributed by atoms with Crippen LogP contribution in [0, 0.1) is 5.82 Å². The Balaban J connectivity index is 2.33. The molecule has 1 rings (SSSR count). The van der Waals surface area contributed by atoms with E-state index in [2.05, 4.69) is 9.71 Å². The Hall–Kier alpha value is -0.650. The van der Waals surface area contributed by atoms with Crippen molar-refractivity contribution in [2.75, 3.05) is 6.54 Å². The van der Waals surface area contributed by atoms with Crippen LogP contribution in [0.5, 0.6) is 0 Å². The standard InChI is InChI=1S/C11H17FN2OS/c1-11(2,3)16(15)14-7-6-10-5-4-9(12)8-13-10/h4-5,8,14H,6-7H2,1-3H3. The Morgan fingerprint density at radius 1 is 1.44 bits per heavy atom. The van der Waals surface area contributed by atoms with E-state index in [1.165, 1.54) is 12.3 Å². The Kier molecular flexibility index (Phi) is 4.70. The molecule has 0 aliphatic rings. The smallest absolute Gasteiger partial charge is 0.141 e. The first kappa shape index (κ1) is 13.4. The minimum Gasteiger partial charge on any atom is -0.598 e. The van der Waals surface area contributed by atoms with Crippen LogP contribution in [0.15, 0.2) is 18.3 Å². The van der Waals surface area contributed by atoms with Gasteiger partial charge in [-0.1, -0.05) is 0 Å². The molecule has 0 aliphatic carbocycles. The van der Waals surface area contributed by atoms with Gasteiger partial charge in [-0.25, -0.2) is 4.39 Å². The molecule has 0 saturated heterocycles. The number of nitrogens with one attached hydrogen (secondary N) is 1. The van der Waals surface area contributed by atoms with Gasteiger partial charge in [-0.3, -0.25) is 4.98 Å². The number of pyridine rings is 1. The molecule has 1 N–H and O–H groups in total. The van der Waals surface area contributed by atoms with Gasteiger partial charge in [0.25, 0.3) is 0 Å². The van der Waals surface area contributed by atoms with Gasteiger partial charge in [0.2, 0.25) is 0 Å². The average molecular weight is 244 g/mol. The molecule has 1 heterocycles. The van der Waals surface area contributed by atoms with E-state index in [0.29, 0.717) is 13.0 Å². The molecule has 0 aliphatic heterocycles. The van der Waals surface area contributed by atoms with E-state index in [0.717, 1.165) is 5.69 Å². The van der Waals surface area contributed by atoms with E-state index in [-0.39, 0.29) is 10.6 Å². The molecule has 16 heavy (non-hydrogen) atoms. The van der Waals surface area contributed by atoms with E-state index in [9.17, 15) is 8.94 Å². The highest BCUT2D eigenvalue weighted by atomic mass is 32.2. The normalized spacial score (nSPS) is 13.8. The van der Waals surface area contributed by atoms with Crippen molar-refractivity contribution < 1.29 is 8.94 Å². The molecule has 0 aromatic carbocycles. The lowest BCUT2D eigenvalue weighted by Gasteiger charge is -2.23. The van der Waals surface area contributed by atoms with Gasteiger partial charge in [0.1, 0.15) is 10.6 Å². The number of halogens is 1. The second kappa shape index (κ2) is 5.61. The minimum atomic E-state index is -1.07. The summed E-state index contributed by atoms with van der Waals surface area (Å²) < 4.78 is 26.9. The molecule has 0 saturated carbocycles. The summed E-state index contributed by atoms with van der Waals surface area (Å²) in [6.07, 6.45) is 1.83. The summed E-state index contributed by atoms with van der Waals surface area (Å²) in [7, 11) is 0. The molecule has 1 aromatic rings. The molecular formula is C11H17FN2OS. The molecule has 1 aromatic heterocycles. The summed E-state index contributed by atoms with van der Waals surface area (Å²) in [5.41, 5.74) is 0.791. The molecule has 90 valence electrons. The quantitative estimate of drug-likeness (QED) is 0.822. The maximum atomic E-state index is 12.6. The van der Waals surface area contributed by atoms with Gasteiger partial charge in [0.15, 0.2) is 0 Å². The highest BCUT2D eigenvalue weighted by molar-refractivity contribution is 7.90. The second-order valence-corrected chi connectivity index (χ2v) is 6.54. The first-order valence-corrected chi connectivity index (χ1v) is 6.30. The lowest BCUT2D eigenvalue weighted by molar-refractivity contribution is 0.544.